The Morgan fingerprint density at radius 3 is 2.52 bits per heavy atom. The molecule has 0 aliphatic rings. The van der Waals surface area contributed by atoms with Crippen LogP contribution in [0.5, 0.6) is 0 Å². The minimum Gasteiger partial charge on any atom is -0.338 e. The molecule has 3 rings (SSSR count). The average Bonchev–Trinajstić information content (AvgIpc) is 3.26. The maximum absolute atomic E-state index is 12.3. The number of H-pyrrole nitrogens is 1. The van der Waals surface area contributed by atoms with Gasteiger partial charge in [0.05, 0.1) is 0 Å². The Kier molecular flexibility index (Phi) is 7.18. The Morgan fingerprint density at radius 2 is 1.83 bits per heavy atom. The Balaban J connectivity index is 1.44. The molecule has 0 spiro atoms. The van der Waals surface area contributed by atoms with E-state index in [1.54, 1.807) is 24.3 Å². The molecule has 0 radical (unpaired) electrons. The lowest BCUT2D eigenvalue weighted by Crippen LogP contribution is -2.39. The van der Waals surface area contributed by atoms with Gasteiger partial charge in [0.15, 0.2) is 5.82 Å². The van der Waals surface area contributed by atoms with Crippen LogP contribution in [0.1, 0.15) is 30.3 Å². The molecule has 3 aromatic rings. The molecule has 0 saturated carbocycles. The summed E-state index contributed by atoms with van der Waals surface area (Å²) in [4.78, 5) is 28.4. The van der Waals surface area contributed by atoms with E-state index in [-0.39, 0.29) is 18.4 Å². The molecule has 0 saturated heterocycles. The number of rotatable bonds is 8. The Labute approximate surface area is 173 Å². The summed E-state index contributed by atoms with van der Waals surface area (Å²) in [6.45, 7) is 0.359. The highest BCUT2D eigenvalue weighted by molar-refractivity contribution is 6.30. The summed E-state index contributed by atoms with van der Waals surface area (Å²) < 4.78 is 0. The molecule has 0 fully saturated rings. The molecule has 0 bridgehead atoms. The van der Waals surface area contributed by atoms with Gasteiger partial charge >= 0.3 is 6.03 Å². The maximum Gasteiger partial charge on any atom is 0.315 e. The van der Waals surface area contributed by atoms with Crippen LogP contribution < -0.4 is 16.0 Å². The molecular formula is C20H21ClN6O2. The Bertz CT molecular complexity index is 916. The first kappa shape index (κ1) is 20.3. The van der Waals surface area contributed by atoms with Crippen molar-refractivity contribution >= 4 is 29.2 Å². The number of carbonyl (C=O) groups is 2. The van der Waals surface area contributed by atoms with Crippen molar-refractivity contribution in [1.82, 2.24) is 25.8 Å². The van der Waals surface area contributed by atoms with E-state index in [0.717, 1.165) is 5.56 Å². The number of nitrogens with one attached hydrogen (secondary N) is 4. The summed E-state index contributed by atoms with van der Waals surface area (Å²) in [5.41, 5.74) is 1.56. The van der Waals surface area contributed by atoms with Crippen LogP contribution in [0.25, 0.3) is 0 Å². The van der Waals surface area contributed by atoms with Gasteiger partial charge in [0, 0.05) is 23.7 Å². The predicted octanol–water partition coefficient (Wildman–Crippen LogP) is 3.27. The van der Waals surface area contributed by atoms with Gasteiger partial charge in [-0.15, -0.1) is 0 Å². The van der Waals surface area contributed by atoms with Crippen molar-refractivity contribution in [3.8, 4) is 0 Å². The first-order chi connectivity index (χ1) is 14.1. The van der Waals surface area contributed by atoms with Gasteiger partial charge in [-0.2, -0.15) is 5.10 Å². The summed E-state index contributed by atoms with van der Waals surface area (Å²) in [5.74, 6) is 0.409. The maximum atomic E-state index is 12.3. The summed E-state index contributed by atoms with van der Waals surface area (Å²) in [7, 11) is 0. The molecule has 0 aliphatic carbocycles. The highest BCUT2D eigenvalue weighted by atomic mass is 35.5. The number of aromatic amines is 1. The number of nitrogens with zero attached hydrogens (tertiary/aromatic N) is 2. The lowest BCUT2D eigenvalue weighted by molar-refractivity contribution is -0.116. The van der Waals surface area contributed by atoms with Crippen molar-refractivity contribution in [2.24, 2.45) is 0 Å². The van der Waals surface area contributed by atoms with Gasteiger partial charge in [0.1, 0.15) is 12.4 Å². The monoisotopic (exact) mass is 412 g/mol. The fraction of sp³-hybridized carbons (Fsp3) is 0.200. The minimum absolute atomic E-state index is 0.127. The molecule has 1 unspecified atom stereocenters. The number of benzene rings is 2. The van der Waals surface area contributed by atoms with E-state index < -0.39 is 6.04 Å². The minimum atomic E-state index is -0.452. The Hall–Kier alpha value is -3.39. The van der Waals surface area contributed by atoms with Crippen LogP contribution in [0.3, 0.4) is 0 Å². The van der Waals surface area contributed by atoms with E-state index in [1.165, 1.54) is 6.33 Å². The van der Waals surface area contributed by atoms with Crippen LogP contribution >= 0.6 is 11.6 Å². The van der Waals surface area contributed by atoms with Crippen LogP contribution in [0.2, 0.25) is 5.02 Å². The highest BCUT2D eigenvalue weighted by Gasteiger charge is 2.19. The third kappa shape index (κ3) is 6.32. The molecule has 0 aliphatic heterocycles. The first-order valence-electron chi connectivity index (χ1n) is 9.12. The van der Waals surface area contributed by atoms with Crippen molar-refractivity contribution in [2.75, 3.05) is 11.9 Å². The normalized spacial score (nSPS) is 11.5. The molecule has 1 heterocycles. The number of hydrogen-bond donors (Lipinski definition) is 4. The molecule has 9 heteroatoms. The van der Waals surface area contributed by atoms with E-state index in [0.29, 0.717) is 29.5 Å². The van der Waals surface area contributed by atoms with E-state index >= 15 is 0 Å². The number of halogens is 1. The van der Waals surface area contributed by atoms with Gasteiger partial charge in [-0.05, 0) is 36.2 Å². The van der Waals surface area contributed by atoms with E-state index in [9.17, 15) is 9.59 Å². The lowest BCUT2D eigenvalue weighted by atomic mass is 10.1. The number of urea groups is 1. The molecule has 150 valence electrons. The van der Waals surface area contributed by atoms with Crippen molar-refractivity contribution in [3.63, 3.8) is 0 Å². The van der Waals surface area contributed by atoms with Gasteiger partial charge in [0.2, 0.25) is 5.91 Å². The quantitative estimate of drug-likeness (QED) is 0.425. The van der Waals surface area contributed by atoms with Crippen molar-refractivity contribution < 1.29 is 9.59 Å². The van der Waals surface area contributed by atoms with Gasteiger partial charge in [0.25, 0.3) is 0 Å². The zero-order valence-electron chi connectivity index (χ0n) is 15.6. The second-order valence-corrected chi connectivity index (χ2v) is 6.71. The highest BCUT2D eigenvalue weighted by Crippen LogP contribution is 2.18. The fourth-order valence-corrected chi connectivity index (χ4v) is 2.82. The number of aromatic nitrogens is 3. The van der Waals surface area contributed by atoms with Gasteiger partial charge in [-0.25, -0.2) is 9.78 Å². The van der Waals surface area contributed by atoms with Crippen molar-refractivity contribution in [2.45, 2.75) is 18.9 Å². The van der Waals surface area contributed by atoms with Crippen LogP contribution in [-0.4, -0.2) is 33.7 Å². The zero-order valence-corrected chi connectivity index (χ0v) is 16.3. The number of hydrogen-bond acceptors (Lipinski definition) is 4. The molecule has 1 aromatic heterocycles. The molecule has 3 amide bonds. The average molecular weight is 413 g/mol. The van der Waals surface area contributed by atoms with Crippen LogP contribution in [0, 0.1) is 0 Å². The van der Waals surface area contributed by atoms with E-state index in [4.69, 9.17) is 11.6 Å². The number of carbonyl (C=O) groups excluding carboxylic acids is 2. The summed E-state index contributed by atoms with van der Waals surface area (Å²) >= 11 is 5.82. The molecule has 8 nitrogen and oxygen atoms in total. The molecule has 4 N–H and O–H groups in total. The van der Waals surface area contributed by atoms with Crippen LogP contribution in [0.15, 0.2) is 60.9 Å². The van der Waals surface area contributed by atoms with E-state index in [1.807, 2.05) is 30.3 Å². The molecule has 2 aromatic carbocycles. The predicted molar refractivity (Wildman–Crippen MR) is 111 cm³/mol. The molecular weight excluding hydrogens is 392 g/mol. The van der Waals surface area contributed by atoms with Crippen molar-refractivity contribution in [3.05, 3.63) is 77.3 Å². The second kappa shape index (κ2) is 10.2. The summed E-state index contributed by atoms with van der Waals surface area (Å²) in [6.07, 6.45) is 2.18. The van der Waals surface area contributed by atoms with Crippen LogP contribution in [0.4, 0.5) is 10.5 Å². The van der Waals surface area contributed by atoms with Gasteiger partial charge < -0.3 is 16.0 Å². The van der Waals surface area contributed by atoms with Crippen LogP contribution in [-0.2, 0) is 4.79 Å². The molecule has 29 heavy (non-hydrogen) atoms. The Morgan fingerprint density at radius 1 is 1.07 bits per heavy atom. The van der Waals surface area contributed by atoms with E-state index in [2.05, 4.69) is 31.1 Å². The first-order valence-corrected chi connectivity index (χ1v) is 9.49. The van der Waals surface area contributed by atoms with Gasteiger partial charge in [-0.3, -0.25) is 9.89 Å². The summed E-state index contributed by atoms with van der Waals surface area (Å²) in [5, 5.41) is 15.7. The number of anilines is 1. The third-order valence-corrected chi connectivity index (χ3v) is 4.36. The fourth-order valence-electron chi connectivity index (χ4n) is 2.70. The van der Waals surface area contributed by atoms with Gasteiger partial charge in [-0.1, -0.05) is 41.9 Å². The topological polar surface area (TPSA) is 112 Å². The largest absolute Gasteiger partial charge is 0.338 e. The lowest BCUT2D eigenvalue weighted by Gasteiger charge is -2.17. The number of amides is 3. The smallest absolute Gasteiger partial charge is 0.315 e. The zero-order chi connectivity index (χ0) is 20.5. The molecule has 1 atom stereocenters. The SMILES string of the molecule is O=C(CCCNC(=O)NC(c1ccccc1)c1ncn[nH]1)Nc1ccc(Cl)cc1. The third-order valence-electron chi connectivity index (χ3n) is 4.11. The second-order valence-electron chi connectivity index (χ2n) is 6.27. The standard InChI is InChI=1S/C20H21ClN6O2/c21-15-8-10-16(11-9-15)25-17(28)7-4-12-22-20(29)26-18(19-23-13-24-27-19)14-5-2-1-3-6-14/h1-3,5-6,8-11,13,18H,4,7,12H2,(H,25,28)(H2,22,26,29)(H,23,24,27). The summed E-state index contributed by atoms with van der Waals surface area (Å²) in [6, 6.07) is 15.6. The van der Waals surface area contributed by atoms with Crippen molar-refractivity contribution in [1.29, 1.82) is 0 Å².